The van der Waals surface area contributed by atoms with Gasteiger partial charge in [0.15, 0.2) is 11.6 Å². The van der Waals surface area contributed by atoms with Gasteiger partial charge in [0.05, 0.1) is 39.8 Å². The molecule has 0 amide bonds. The van der Waals surface area contributed by atoms with Gasteiger partial charge in [-0.25, -0.2) is 4.98 Å². The lowest BCUT2D eigenvalue weighted by atomic mass is 9.92. The Bertz CT molecular complexity index is 4310. The summed E-state index contributed by atoms with van der Waals surface area (Å²) in [4.78, 5) is 13.5. The Kier molecular flexibility index (Phi) is 3.23. The number of para-hydroxylation sites is 2. The van der Waals surface area contributed by atoms with E-state index in [1.807, 2.05) is 12.1 Å². The molecule has 0 saturated heterocycles. The van der Waals surface area contributed by atoms with E-state index in [1.54, 1.807) is 30.3 Å². The fourth-order valence-electron chi connectivity index (χ4n) is 6.53. The van der Waals surface area contributed by atoms with Gasteiger partial charge in [0.2, 0.25) is 5.95 Å². The minimum Gasteiger partial charge on any atom is -0.456 e. The monoisotopic (exact) mass is 685 g/mol. The van der Waals surface area contributed by atoms with E-state index in [2.05, 4.69) is 15.0 Å². The van der Waals surface area contributed by atoms with Crippen LogP contribution in [-0.4, -0.2) is 19.5 Å². The van der Waals surface area contributed by atoms with Gasteiger partial charge >= 0.3 is 0 Å². The van der Waals surface area contributed by atoms with E-state index < -0.39 is 183 Å². The molecule has 11 rings (SSSR count). The first kappa shape index (κ1) is 15.0. The molecule has 0 aliphatic rings. The van der Waals surface area contributed by atoms with Crippen LogP contribution in [-0.2, 0) is 0 Å². The van der Waals surface area contributed by atoms with E-state index in [-0.39, 0.29) is 32.7 Å². The van der Waals surface area contributed by atoms with Gasteiger partial charge in [-0.05, 0) is 68.9 Å². The summed E-state index contributed by atoms with van der Waals surface area (Å²) in [6, 6.07) is -3.07. The van der Waals surface area contributed by atoms with Gasteiger partial charge in [-0.1, -0.05) is 133 Å². The molecule has 0 aliphatic heterocycles. The van der Waals surface area contributed by atoms with Gasteiger partial charge in [-0.2, -0.15) is 9.97 Å². The average molecular weight is 686 g/mol. The Balaban J connectivity index is 1.34. The van der Waals surface area contributed by atoms with Crippen LogP contribution in [0.3, 0.4) is 0 Å². The topological polar surface area (TPSA) is 56.7 Å². The summed E-state index contributed by atoms with van der Waals surface area (Å²) in [6.45, 7) is 0. The molecule has 0 radical (unpaired) electrons. The first-order valence-electron chi connectivity index (χ1n) is 26.2. The van der Waals surface area contributed by atoms with Gasteiger partial charge in [-0.15, -0.1) is 0 Å². The van der Waals surface area contributed by atoms with Crippen LogP contribution in [0.1, 0.15) is 28.8 Å². The lowest BCUT2D eigenvalue weighted by molar-refractivity contribution is 0.669. The number of aromatic nitrogens is 4. The maximum Gasteiger partial charge on any atom is 0.238 e. The minimum absolute atomic E-state index is 0.0437. The number of benzene rings is 8. The molecular weight excluding hydrogens is 637 g/mol. The lowest BCUT2D eigenvalue weighted by Crippen LogP contribution is -2.06. The zero-order valence-corrected chi connectivity index (χ0v) is 26.2. The second-order valence-corrected chi connectivity index (χ2v) is 11.6. The normalized spacial score (nSPS) is 17.5. The predicted molar refractivity (Wildman–Crippen MR) is 213 cm³/mol. The molecule has 0 saturated carbocycles. The van der Waals surface area contributed by atoms with Crippen LogP contribution in [0.4, 0.5) is 0 Å². The summed E-state index contributed by atoms with van der Waals surface area (Å²) in [5, 5.41) is -0.332. The van der Waals surface area contributed by atoms with Crippen molar-refractivity contribution in [1.29, 1.82) is 0 Å². The lowest BCUT2D eigenvalue weighted by Gasteiger charge is -2.12. The molecule has 0 spiro atoms. The van der Waals surface area contributed by atoms with Crippen LogP contribution in [0.5, 0.6) is 0 Å². The maximum absolute atomic E-state index is 9.91. The molecule has 0 aliphatic carbocycles. The summed E-state index contributed by atoms with van der Waals surface area (Å²) in [5.41, 5.74) is -2.62. The second-order valence-electron chi connectivity index (χ2n) is 11.6. The van der Waals surface area contributed by atoms with Crippen molar-refractivity contribution in [3.05, 3.63) is 169 Å². The molecule has 3 aromatic heterocycles. The van der Waals surface area contributed by atoms with Crippen molar-refractivity contribution in [3.8, 4) is 39.9 Å². The van der Waals surface area contributed by atoms with E-state index in [9.17, 15) is 8.22 Å². The van der Waals surface area contributed by atoms with Gasteiger partial charge in [0, 0.05) is 32.7 Å². The highest BCUT2D eigenvalue weighted by Gasteiger charge is 2.20. The van der Waals surface area contributed by atoms with Crippen LogP contribution in [0, 0.1) is 0 Å². The molecule has 5 heteroatoms. The fourth-order valence-corrected chi connectivity index (χ4v) is 6.53. The Morgan fingerprint density at radius 3 is 1.90 bits per heavy atom. The molecule has 3 heterocycles. The maximum atomic E-state index is 9.91. The number of furan rings is 1. The number of fused-ring (bicyclic) bond motifs is 9. The summed E-state index contributed by atoms with van der Waals surface area (Å²) in [6.07, 6.45) is 0. The molecular formula is C47H28N4O. The highest BCUT2D eigenvalue weighted by Crippen LogP contribution is 2.42. The Morgan fingerprint density at radius 2 is 1.12 bits per heavy atom. The van der Waals surface area contributed by atoms with Crippen molar-refractivity contribution in [1.82, 2.24) is 19.5 Å². The van der Waals surface area contributed by atoms with Gasteiger partial charge in [0.25, 0.3) is 0 Å². The van der Waals surface area contributed by atoms with Crippen LogP contribution < -0.4 is 0 Å². The average Bonchev–Trinajstić information content (AvgIpc) is 3.96. The molecule has 8 aromatic carbocycles. The van der Waals surface area contributed by atoms with Gasteiger partial charge in [0.1, 0.15) is 11.2 Å². The summed E-state index contributed by atoms with van der Waals surface area (Å²) in [7, 11) is 0. The van der Waals surface area contributed by atoms with E-state index in [0.717, 1.165) is 9.95 Å². The minimum atomic E-state index is -0.847. The third-order valence-electron chi connectivity index (χ3n) is 8.75. The van der Waals surface area contributed by atoms with Crippen molar-refractivity contribution in [2.45, 2.75) is 0 Å². The second kappa shape index (κ2) is 11.2. The largest absolute Gasteiger partial charge is 0.456 e. The molecule has 11 aromatic rings. The zero-order chi connectivity index (χ0) is 52.4. The fraction of sp³-hybridized carbons (Fsp3) is 0. The number of hydrogen-bond acceptors (Lipinski definition) is 4. The molecule has 0 atom stereocenters. The molecule has 0 fully saturated rings. The third-order valence-corrected chi connectivity index (χ3v) is 8.75. The van der Waals surface area contributed by atoms with Crippen molar-refractivity contribution in [3.63, 3.8) is 0 Å². The molecule has 0 bridgehead atoms. The highest BCUT2D eigenvalue weighted by molar-refractivity contribution is 6.23. The van der Waals surface area contributed by atoms with Crippen molar-refractivity contribution < 1.29 is 33.2 Å². The first-order valence-corrected chi connectivity index (χ1v) is 15.7. The van der Waals surface area contributed by atoms with Gasteiger partial charge < -0.3 is 4.42 Å². The van der Waals surface area contributed by atoms with Crippen molar-refractivity contribution in [2.75, 3.05) is 0 Å². The third kappa shape index (κ3) is 4.33. The Morgan fingerprint density at radius 1 is 0.462 bits per heavy atom. The van der Waals surface area contributed by atoms with Crippen LogP contribution >= 0.6 is 0 Å². The molecule has 242 valence electrons. The molecule has 5 nitrogen and oxygen atoms in total. The smallest absolute Gasteiger partial charge is 0.238 e. The Labute approximate surface area is 327 Å². The predicted octanol–water partition coefficient (Wildman–Crippen LogP) is 12.2. The summed E-state index contributed by atoms with van der Waals surface area (Å²) in [5.74, 6) is -2.24. The summed E-state index contributed by atoms with van der Waals surface area (Å²) >= 11 is 0. The quantitative estimate of drug-likeness (QED) is 0.185. The van der Waals surface area contributed by atoms with E-state index >= 15 is 0 Å². The summed E-state index contributed by atoms with van der Waals surface area (Å²) < 4.78 is 195. The van der Waals surface area contributed by atoms with Gasteiger partial charge in [-0.3, -0.25) is 4.57 Å². The van der Waals surface area contributed by atoms with E-state index in [1.165, 1.54) is 0 Å². The Hall–Kier alpha value is -7.11. The molecule has 0 N–H and O–H groups in total. The SMILES string of the molecule is [2H]c1c([2H])c([2H])c(-c2nc(-c3c([2H])c([2H])c4oc5c([2H])c(-c6cccc7ccccc67)c6c([2H])c([2H])c([2H])c([2H])c6c5c4c3[2H])nc(-n3c4c([2H])c([2H])c([2H])c([2H])c4c4c([2H])c([2H])c([2H])c([2H])c43)n2)c([2H])c1[2H]. The molecule has 52 heavy (non-hydrogen) atoms. The van der Waals surface area contributed by atoms with Crippen molar-refractivity contribution >= 4 is 65.3 Å². The standard InChI is InChI=1S/C47H28N4O/c1-2-14-30(15-3-1)45-48-46(50-47(49-45)51-40-23-10-8-19-35(40)36-20-9-11-24-41(36)51)31-25-26-42-39(27-31)44-37-21-7-6-18-34(37)38(28-43(44)52-42)33-22-12-16-29-13-4-5-17-32(29)33/h1-28H/i1D,2D,3D,6D,7D,8D,9D,10D,11D,14D,15D,18D,19D,20D,21D,23D,24D,25D,26D,27D,28D. The van der Waals surface area contributed by atoms with E-state index in [4.69, 9.17) is 25.0 Å². The first-order chi connectivity index (χ1) is 34.5. The number of hydrogen-bond donors (Lipinski definition) is 0. The highest BCUT2D eigenvalue weighted by atomic mass is 16.3. The van der Waals surface area contributed by atoms with Crippen LogP contribution in [0.15, 0.2) is 174 Å². The van der Waals surface area contributed by atoms with Crippen molar-refractivity contribution in [2.24, 2.45) is 0 Å². The van der Waals surface area contributed by atoms with Crippen LogP contribution in [0.2, 0.25) is 0 Å². The molecule has 0 unspecified atom stereocenters. The zero-order valence-electron chi connectivity index (χ0n) is 47.2. The number of rotatable bonds is 4. The van der Waals surface area contributed by atoms with Crippen LogP contribution in [0.25, 0.3) is 105 Å². The van der Waals surface area contributed by atoms with E-state index in [0.29, 0.717) is 10.9 Å². The number of nitrogens with zero attached hydrogens (tertiary/aromatic N) is 4.